The first-order chi connectivity index (χ1) is 6.92. The average molecular weight is 189 g/mol. The molecule has 1 saturated heterocycles. The molecule has 0 spiro atoms. The van der Waals surface area contributed by atoms with Gasteiger partial charge >= 0.3 is 0 Å². The first-order valence-corrected chi connectivity index (χ1v) is 5.18. The maximum Gasteiger partial charge on any atom is 0.175 e. The van der Waals surface area contributed by atoms with Crippen LogP contribution in [0.5, 0.6) is 0 Å². The number of nitriles is 1. The van der Waals surface area contributed by atoms with Crippen LogP contribution in [0, 0.1) is 11.3 Å². The molecule has 1 atom stereocenters. The predicted octanol–water partition coefficient (Wildman–Crippen LogP) is 2.00. The van der Waals surface area contributed by atoms with E-state index in [9.17, 15) is 0 Å². The Morgan fingerprint density at radius 1 is 1.07 bits per heavy atom. The van der Waals surface area contributed by atoms with Gasteiger partial charge in [-0.2, -0.15) is 5.26 Å². The average Bonchev–Trinajstić information content (AvgIpc) is 2.74. The number of hydrogen-bond donors (Lipinski definition) is 0. The standard InChI is InChI=1S/C11H15N3/c12-10-11(14-8-4-5-9-14)13-6-2-1-3-7-13/h4-5,8-9,11H,1-3,6-7H2. The highest BCUT2D eigenvalue weighted by Crippen LogP contribution is 2.18. The molecule has 0 radical (unpaired) electrons. The van der Waals surface area contributed by atoms with Gasteiger partial charge in [-0.25, -0.2) is 0 Å². The number of rotatable bonds is 2. The smallest absolute Gasteiger partial charge is 0.175 e. The summed E-state index contributed by atoms with van der Waals surface area (Å²) < 4.78 is 1.98. The molecule has 1 fully saturated rings. The second-order valence-corrected chi connectivity index (χ2v) is 3.73. The van der Waals surface area contributed by atoms with Gasteiger partial charge in [-0.15, -0.1) is 0 Å². The number of aromatic nitrogens is 1. The van der Waals surface area contributed by atoms with Gasteiger partial charge in [-0.1, -0.05) is 6.42 Å². The second kappa shape index (κ2) is 4.30. The van der Waals surface area contributed by atoms with Crippen molar-refractivity contribution in [3.05, 3.63) is 24.5 Å². The largest absolute Gasteiger partial charge is 0.326 e. The summed E-state index contributed by atoms with van der Waals surface area (Å²) >= 11 is 0. The fourth-order valence-electron chi connectivity index (χ4n) is 2.01. The van der Waals surface area contributed by atoms with Crippen LogP contribution in [0.1, 0.15) is 25.4 Å². The van der Waals surface area contributed by atoms with Crippen LogP contribution in [0.15, 0.2) is 24.5 Å². The van der Waals surface area contributed by atoms with Crippen molar-refractivity contribution in [2.45, 2.75) is 25.4 Å². The SMILES string of the molecule is N#CC(N1CCCCC1)n1cccc1. The Bertz CT molecular complexity index is 304. The molecule has 1 aromatic rings. The third kappa shape index (κ3) is 1.80. The maximum absolute atomic E-state index is 9.14. The van der Waals surface area contributed by atoms with E-state index >= 15 is 0 Å². The summed E-state index contributed by atoms with van der Waals surface area (Å²) in [4.78, 5) is 2.25. The highest BCUT2D eigenvalue weighted by atomic mass is 15.3. The van der Waals surface area contributed by atoms with Crippen molar-refractivity contribution >= 4 is 0 Å². The molecule has 0 amide bonds. The molecule has 0 bridgehead atoms. The van der Waals surface area contributed by atoms with Gasteiger partial charge in [0, 0.05) is 25.5 Å². The van der Waals surface area contributed by atoms with Gasteiger partial charge in [0.05, 0.1) is 0 Å². The lowest BCUT2D eigenvalue weighted by molar-refractivity contribution is 0.152. The molecule has 1 unspecified atom stereocenters. The van der Waals surface area contributed by atoms with Gasteiger partial charge < -0.3 is 4.57 Å². The molecule has 14 heavy (non-hydrogen) atoms. The highest BCUT2D eigenvalue weighted by molar-refractivity contribution is 4.99. The Morgan fingerprint density at radius 3 is 2.29 bits per heavy atom. The van der Waals surface area contributed by atoms with Crippen molar-refractivity contribution in [3.63, 3.8) is 0 Å². The molecule has 0 aliphatic carbocycles. The molecule has 0 aromatic carbocycles. The van der Waals surface area contributed by atoms with Crippen molar-refractivity contribution in [1.82, 2.24) is 9.47 Å². The van der Waals surface area contributed by atoms with Crippen molar-refractivity contribution in [2.75, 3.05) is 13.1 Å². The summed E-state index contributed by atoms with van der Waals surface area (Å²) in [5, 5.41) is 9.14. The van der Waals surface area contributed by atoms with Crippen molar-refractivity contribution < 1.29 is 0 Å². The van der Waals surface area contributed by atoms with Crippen LogP contribution < -0.4 is 0 Å². The molecular formula is C11H15N3. The van der Waals surface area contributed by atoms with Crippen LogP contribution in [0.4, 0.5) is 0 Å². The Balaban J connectivity index is 2.09. The predicted molar refractivity (Wildman–Crippen MR) is 54.5 cm³/mol. The van der Waals surface area contributed by atoms with Crippen LogP contribution in [0.2, 0.25) is 0 Å². The fourth-order valence-corrected chi connectivity index (χ4v) is 2.01. The summed E-state index contributed by atoms with van der Waals surface area (Å²) in [5.41, 5.74) is 0. The number of hydrogen-bond acceptors (Lipinski definition) is 2. The zero-order valence-corrected chi connectivity index (χ0v) is 8.26. The van der Waals surface area contributed by atoms with Crippen LogP contribution in [0.25, 0.3) is 0 Å². The molecule has 2 heterocycles. The molecule has 74 valence electrons. The monoisotopic (exact) mass is 189 g/mol. The third-order valence-corrected chi connectivity index (χ3v) is 2.76. The van der Waals surface area contributed by atoms with Gasteiger partial charge in [-0.05, 0) is 25.0 Å². The normalized spacial score (nSPS) is 20.2. The Morgan fingerprint density at radius 2 is 1.71 bits per heavy atom. The van der Waals surface area contributed by atoms with E-state index in [-0.39, 0.29) is 6.17 Å². The molecule has 3 nitrogen and oxygen atoms in total. The van der Waals surface area contributed by atoms with E-state index in [2.05, 4.69) is 11.0 Å². The molecule has 2 rings (SSSR count). The molecule has 1 aliphatic heterocycles. The fraction of sp³-hybridized carbons (Fsp3) is 0.545. The van der Waals surface area contributed by atoms with E-state index in [1.54, 1.807) is 0 Å². The van der Waals surface area contributed by atoms with Crippen LogP contribution in [0.3, 0.4) is 0 Å². The topological polar surface area (TPSA) is 32.0 Å². The maximum atomic E-state index is 9.14. The summed E-state index contributed by atoms with van der Waals surface area (Å²) in [6.45, 7) is 2.10. The minimum absolute atomic E-state index is 0.106. The summed E-state index contributed by atoms with van der Waals surface area (Å²) in [6, 6.07) is 6.30. The van der Waals surface area contributed by atoms with Crippen molar-refractivity contribution in [3.8, 4) is 6.07 Å². The van der Waals surface area contributed by atoms with E-state index in [1.807, 2.05) is 29.1 Å². The Hall–Kier alpha value is -1.27. The van der Waals surface area contributed by atoms with E-state index in [4.69, 9.17) is 5.26 Å². The quantitative estimate of drug-likeness (QED) is 0.712. The first kappa shape index (κ1) is 9.29. The van der Waals surface area contributed by atoms with E-state index in [0.717, 1.165) is 13.1 Å². The lowest BCUT2D eigenvalue weighted by Crippen LogP contribution is -2.35. The van der Waals surface area contributed by atoms with Crippen LogP contribution in [-0.2, 0) is 0 Å². The number of piperidine rings is 1. The lowest BCUT2D eigenvalue weighted by atomic mass is 10.1. The van der Waals surface area contributed by atoms with Gasteiger partial charge in [0.2, 0.25) is 0 Å². The van der Waals surface area contributed by atoms with E-state index in [0.29, 0.717) is 0 Å². The molecule has 3 heteroatoms. The van der Waals surface area contributed by atoms with Gasteiger partial charge in [0.25, 0.3) is 0 Å². The van der Waals surface area contributed by atoms with E-state index < -0.39 is 0 Å². The van der Waals surface area contributed by atoms with Gasteiger partial charge in [0.15, 0.2) is 6.17 Å². The molecule has 0 N–H and O–H groups in total. The first-order valence-electron chi connectivity index (χ1n) is 5.18. The number of likely N-dealkylation sites (tertiary alicyclic amines) is 1. The van der Waals surface area contributed by atoms with Crippen LogP contribution in [-0.4, -0.2) is 22.6 Å². The zero-order valence-electron chi connectivity index (χ0n) is 8.26. The molecule has 1 aromatic heterocycles. The second-order valence-electron chi connectivity index (χ2n) is 3.73. The molecule has 0 saturated carbocycles. The minimum atomic E-state index is -0.106. The van der Waals surface area contributed by atoms with Gasteiger partial charge in [0.1, 0.15) is 6.07 Å². The Labute approximate surface area is 84.6 Å². The van der Waals surface area contributed by atoms with E-state index in [1.165, 1.54) is 19.3 Å². The zero-order chi connectivity index (χ0) is 9.80. The highest BCUT2D eigenvalue weighted by Gasteiger charge is 2.20. The lowest BCUT2D eigenvalue weighted by Gasteiger charge is -2.31. The molecule has 1 aliphatic rings. The minimum Gasteiger partial charge on any atom is -0.326 e. The van der Waals surface area contributed by atoms with Crippen molar-refractivity contribution in [2.24, 2.45) is 0 Å². The summed E-state index contributed by atoms with van der Waals surface area (Å²) in [6.07, 6.45) is 7.56. The van der Waals surface area contributed by atoms with Crippen LogP contribution >= 0.6 is 0 Å². The molecular weight excluding hydrogens is 174 g/mol. The number of nitrogens with zero attached hydrogens (tertiary/aromatic N) is 3. The summed E-state index contributed by atoms with van der Waals surface area (Å²) in [5.74, 6) is 0. The van der Waals surface area contributed by atoms with Gasteiger partial charge in [-0.3, -0.25) is 4.90 Å². The summed E-state index contributed by atoms with van der Waals surface area (Å²) in [7, 11) is 0. The Kier molecular flexibility index (Phi) is 2.85. The third-order valence-electron chi connectivity index (χ3n) is 2.76. The van der Waals surface area contributed by atoms with Crippen molar-refractivity contribution in [1.29, 1.82) is 5.26 Å².